The minimum Gasteiger partial charge on any atom is -0.481 e. The van der Waals surface area contributed by atoms with E-state index in [9.17, 15) is 9.59 Å². The molecule has 1 aliphatic heterocycles. The molecule has 0 saturated carbocycles. The predicted molar refractivity (Wildman–Crippen MR) is 77.4 cm³/mol. The molecule has 2 atom stereocenters. The number of urea groups is 1. The number of carboxylic acids is 1. The van der Waals surface area contributed by atoms with Crippen molar-refractivity contribution in [3.63, 3.8) is 0 Å². The number of piperidine rings is 1. The summed E-state index contributed by atoms with van der Waals surface area (Å²) in [5, 5.41) is 12.2. The highest BCUT2D eigenvalue weighted by atomic mass is 16.4. The average Bonchev–Trinajstić information content (AvgIpc) is 2.33. The minimum absolute atomic E-state index is 0.142. The molecule has 1 heterocycles. The van der Waals surface area contributed by atoms with Crippen molar-refractivity contribution in [3.05, 3.63) is 0 Å². The van der Waals surface area contributed by atoms with Gasteiger partial charge in [-0.05, 0) is 24.2 Å². The molecule has 2 unspecified atom stereocenters. The predicted octanol–water partition coefficient (Wildman–Crippen LogP) is 1.26. The Balaban J connectivity index is 2.56. The zero-order valence-electron chi connectivity index (χ0n) is 12.7. The first-order valence-electron chi connectivity index (χ1n) is 7.17. The molecule has 6 nitrogen and oxygen atoms in total. The highest BCUT2D eigenvalue weighted by molar-refractivity contribution is 5.72. The molecule has 0 aliphatic carbocycles. The van der Waals surface area contributed by atoms with E-state index in [0.717, 1.165) is 13.0 Å². The van der Waals surface area contributed by atoms with Gasteiger partial charge in [-0.3, -0.25) is 4.79 Å². The maximum atomic E-state index is 11.4. The fraction of sp³-hybridized carbons (Fsp3) is 0.857. The summed E-state index contributed by atoms with van der Waals surface area (Å²) in [6.07, 6.45) is 1.63. The Labute approximate surface area is 120 Å². The summed E-state index contributed by atoms with van der Waals surface area (Å²) in [7, 11) is 0. The van der Waals surface area contributed by atoms with Crippen molar-refractivity contribution < 1.29 is 14.7 Å². The molecule has 1 fully saturated rings. The van der Waals surface area contributed by atoms with E-state index < -0.39 is 12.0 Å². The number of rotatable bonds is 5. The number of nitrogens with zero attached hydrogens (tertiary/aromatic N) is 1. The number of carboxylic acid groups (broad SMARTS) is 1. The maximum absolute atomic E-state index is 11.4. The lowest BCUT2D eigenvalue weighted by molar-refractivity contribution is -0.137. The molecule has 0 aromatic heterocycles. The van der Waals surface area contributed by atoms with Gasteiger partial charge in [-0.15, -0.1) is 0 Å². The summed E-state index contributed by atoms with van der Waals surface area (Å²) >= 11 is 0. The number of aliphatic carboxylic acids is 1. The molecule has 0 aromatic carbocycles. The van der Waals surface area contributed by atoms with Crippen molar-refractivity contribution in [2.75, 3.05) is 19.6 Å². The summed E-state index contributed by atoms with van der Waals surface area (Å²) in [6, 6.07) is -0.234. The van der Waals surface area contributed by atoms with Crippen LogP contribution in [0.2, 0.25) is 0 Å². The summed E-state index contributed by atoms with van der Waals surface area (Å²) in [4.78, 5) is 23.7. The van der Waals surface area contributed by atoms with Crippen LogP contribution in [0, 0.1) is 11.3 Å². The Hall–Kier alpha value is -1.30. The van der Waals surface area contributed by atoms with Crippen molar-refractivity contribution in [1.82, 2.24) is 10.2 Å². The quantitative estimate of drug-likeness (QED) is 0.708. The molecule has 2 amide bonds. The van der Waals surface area contributed by atoms with E-state index in [1.807, 2.05) is 0 Å². The Morgan fingerprint density at radius 1 is 1.35 bits per heavy atom. The number of hydrogen-bond acceptors (Lipinski definition) is 3. The topological polar surface area (TPSA) is 95.7 Å². The number of amides is 2. The third-order valence-electron chi connectivity index (χ3n) is 3.54. The van der Waals surface area contributed by atoms with E-state index in [4.69, 9.17) is 10.8 Å². The monoisotopic (exact) mass is 285 g/mol. The molecule has 1 rings (SSSR count). The van der Waals surface area contributed by atoms with Crippen LogP contribution < -0.4 is 11.1 Å². The first kappa shape index (κ1) is 16.8. The lowest BCUT2D eigenvalue weighted by Gasteiger charge is -2.38. The highest BCUT2D eigenvalue weighted by Crippen LogP contribution is 2.22. The van der Waals surface area contributed by atoms with Gasteiger partial charge in [-0.25, -0.2) is 4.79 Å². The Kier molecular flexibility index (Phi) is 5.80. The molecule has 6 heteroatoms. The van der Waals surface area contributed by atoms with Crippen LogP contribution in [-0.4, -0.2) is 47.7 Å². The maximum Gasteiger partial charge on any atom is 0.314 e. The van der Waals surface area contributed by atoms with Gasteiger partial charge in [0.2, 0.25) is 0 Å². The van der Waals surface area contributed by atoms with E-state index in [-0.39, 0.29) is 23.8 Å². The Morgan fingerprint density at radius 2 is 2.00 bits per heavy atom. The van der Waals surface area contributed by atoms with Crippen LogP contribution in [0.15, 0.2) is 0 Å². The fourth-order valence-electron chi connectivity index (χ4n) is 2.52. The van der Waals surface area contributed by atoms with Gasteiger partial charge in [-0.2, -0.15) is 0 Å². The van der Waals surface area contributed by atoms with Crippen molar-refractivity contribution in [3.8, 4) is 0 Å². The van der Waals surface area contributed by atoms with E-state index >= 15 is 0 Å². The molecule has 0 aromatic rings. The first-order valence-corrected chi connectivity index (χ1v) is 7.17. The van der Waals surface area contributed by atoms with E-state index in [1.54, 1.807) is 4.90 Å². The number of nitrogens with one attached hydrogen (secondary N) is 1. The Bertz CT molecular complexity index is 352. The second-order valence-electron chi connectivity index (χ2n) is 6.92. The van der Waals surface area contributed by atoms with Gasteiger partial charge < -0.3 is 21.1 Å². The van der Waals surface area contributed by atoms with Crippen LogP contribution in [0.1, 0.15) is 40.0 Å². The minimum atomic E-state index is -0.791. The van der Waals surface area contributed by atoms with Gasteiger partial charge in [0.1, 0.15) is 0 Å². The number of primary amides is 1. The highest BCUT2D eigenvalue weighted by Gasteiger charge is 2.29. The molecular weight excluding hydrogens is 258 g/mol. The standard InChI is InChI=1S/C14H27N3O3/c1-14(2,3)9-16-11-6-10(4-5-12(18)19)7-17(8-11)13(15)20/h10-11,16H,4-9H2,1-3H3,(H2,15,20)(H,18,19). The van der Waals surface area contributed by atoms with Crippen molar-refractivity contribution >= 4 is 12.0 Å². The molecule has 1 saturated heterocycles. The smallest absolute Gasteiger partial charge is 0.314 e. The largest absolute Gasteiger partial charge is 0.481 e. The zero-order chi connectivity index (χ0) is 15.3. The van der Waals surface area contributed by atoms with Crippen molar-refractivity contribution in [1.29, 1.82) is 0 Å². The number of carbonyl (C=O) groups is 2. The molecule has 20 heavy (non-hydrogen) atoms. The summed E-state index contributed by atoms with van der Waals surface area (Å²) < 4.78 is 0. The number of nitrogens with two attached hydrogens (primary N) is 1. The lowest BCUT2D eigenvalue weighted by Crippen LogP contribution is -2.53. The van der Waals surface area contributed by atoms with Gasteiger partial charge in [0.25, 0.3) is 0 Å². The van der Waals surface area contributed by atoms with Gasteiger partial charge in [0.05, 0.1) is 0 Å². The van der Waals surface area contributed by atoms with Crippen LogP contribution in [0.5, 0.6) is 0 Å². The molecule has 0 radical (unpaired) electrons. The third kappa shape index (κ3) is 6.23. The molecule has 116 valence electrons. The first-order chi connectivity index (χ1) is 9.17. The van der Waals surface area contributed by atoms with Crippen molar-refractivity contribution in [2.24, 2.45) is 17.1 Å². The molecule has 1 aliphatic rings. The molecular formula is C14H27N3O3. The third-order valence-corrected chi connectivity index (χ3v) is 3.54. The fourth-order valence-corrected chi connectivity index (χ4v) is 2.52. The normalized spacial score (nSPS) is 23.6. The second kappa shape index (κ2) is 6.92. The van der Waals surface area contributed by atoms with Crippen LogP contribution >= 0.6 is 0 Å². The van der Waals surface area contributed by atoms with Gasteiger partial charge in [-0.1, -0.05) is 20.8 Å². The Morgan fingerprint density at radius 3 is 2.50 bits per heavy atom. The SMILES string of the molecule is CC(C)(C)CNC1CC(CCC(=O)O)CN(C(N)=O)C1. The van der Waals surface area contributed by atoms with Crippen LogP contribution in [-0.2, 0) is 4.79 Å². The van der Waals surface area contributed by atoms with Gasteiger partial charge >= 0.3 is 12.0 Å². The van der Waals surface area contributed by atoms with Crippen LogP contribution in [0.4, 0.5) is 4.79 Å². The summed E-state index contributed by atoms with van der Waals surface area (Å²) in [6.45, 7) is 8.48. The number of carbonyl (C=O) groups excluding carboxylic acids is 1. The number of likely N-dealkylation sites (tertiary alicyclic amines) is 1. The molecule has 0 spiro atoms. The number of hydrogen-bond donors (Lipinski definition) is 3. The van der Waals surface area contributed by atoms with E-state index in [1.165, 1.54) is 0 Å². The van der Waals surface area contributed by atoms with E-state index in [2.05, 4.69) is 26.1 Å². The average molecular weight is 285 g/mol. The van der Waals surface area contributed by atoms with Crippen LogP contribution in [0.3, 0.4) is 0 Å². The van der Waals surface area contributed by atoms with E-state index in [0.29, 0.717) is 19.5 Å². The second-order valence-corrected chi connectivity index (χ2v) is 6.92. The molecule has 4 N–H and O–H groups in total. The van der Waals surface area contributed by atoms with Crippen LogP contribution in [0.25, 0.3) is 0 Å². The summed E-state index contributed by atoms with van der Waals surface area (Å²) in [5.41, 5.74) is 5.54. The van der Waals surface area contributed by atoms with Gasteiger partial charge in [0, 0.05) is 32.1 Å². The lowest BCUT2D eigenvalue weighted by atomic mass is 9.89. The zero-order valence-corrected chi connectivity index (χ0v) is 12.7. The molecule has 0 bridgehead atoms. The summed E-state index contributed by atoms with van der Waals surface area (Å²) in [5.74, 6) is -0.592. The van der Waals surface area contributed by atoms with Gasteiger partial charge in [0.15, 0.2) is 0 Å². The van der Waals surface area contributed by atoms with Crippen molar-refractivity contribution in [2.45, 2.75) is 46.1 Å².